The van der Waals surface area contributed by atoms with E-state index >= 15 is 0 Å². The van der Waals surface area contributed by atoms with Crippen molar-refractivity contribution in [1.82, 2.24) is 15.5 Å². The first-order chi connectivity index (χ1) is 11.0. The van der Waals surface area contributed by atoms with Crippen molar-refractivity contribution < 1.29 is 9.32 Å². The Labute approximate surface area is 136 Å². The molecule has 0 radical (unpaired) electrons. The summed E-state index contributed by atoms with van der Waals surface area (Å²) in [4.78, 5) is 16.5. The van der Waals surface area contributed by atoms with E-state index in [0.29, 0.717) is 18.1 Å². The van der Waals surface area contributed by atoms with Gasteiger partial charge < -0.3 is 15.6 Å². The van der Waals surface area contributed by atoms with Crippen LogP contribution in [0.1, 0.15) is 50.5 Å². The lowest BCUT2D eigenvalue weighted by atomic mass is 9.99. The Kier molecular flexibility index (Phi) is 5.87. The van der Waals surface area contributed by atoms with E-state index in [4.69, 9.17) is 10.3 Å². The van der Waals surface area contributed by atoms with Gasteiger partial charge in [0.1, 0.15) is 0 Å². The zero-order chi connectivity index (χ0) is 16.8. The van der Waals surface area contributed by atoms with Gasteiger partial charge in [0.2, 0.25) is 11.8 Å². The van der Waals surface area contributed by atoms with E-state index < -0.39 is 6.04 Å². The SMILES string of the molecule is CCC(C)C(N)C(=O)NC(C)c1noc(Cc2ccccc2)n1. The van der Waals surface area contributed by atoms with Crippen LogP contribution >= 0.6 is 0 Å². The molecular formula is C17H24N4O2. The van der Waals surface area contributed by atoms with Crippen LogP contribution in [0.15, 0.2) is 34.9 Å². The van der Waals surface area contributed by atoms with Gasteiger partial charge in [0.25, 0.3) is 0 Å². The van der Waals surface area contributed by atoms with Gasteiger partial charge >= 0.3 is 0 Å². The van der Waals surface area contributed by atoms with Crippen molar-refractivity contribution in [2.45, 2.75) is 45.7 Å². The molecule has 23 heavy (non-hydrogen) atoms. The second-order valence-corrected chi connectivity index (χ2v) is 5.85. The first-order valence-electron chi connectivity index (χ1n) is 7.93. The minimum Gasteiger partial charge on any atom is -0.345 e. The molecule has 0 aliphatic carbocycles. The van der Waals surface area contributed by atoms with Gasteiger partial charge in [-0.05, 0) is 18.4 Å². The third-order valence-corrected chi connectivity index (χ3v) is 3.99. The van der Waals surface area contributed by atoms with Gasteiger partial charge in [-0.2, -0.15) is 4.98 Å². The van der Waals surface area contributed by atoms with Crippen molar-refractivity contribution in [1.29, 1.82) is 0 Å². The van der Waals surface area contributed by atoms with Crippen LogP contribution < -0.4 is 11.1 Å². The summed E-state index contributed by atoms with van der Waals surface area (Å²) >= 11 is 0. The molecule has 0 saturated carbocycles. The minimum atomic E-state index is -0.529. The molecule has 0 fully saturated rings. The molecule has 3 unspecified atom stereocenters. The van der Waals surface area contributed by atoms with E-state index in [-0.39, 0.29) is 17.9 Å². The van der Waals surface area contributed by atoms with Gasteiger partial charge in [0.15, 0.2) is 5.82 Å². The number of aromatic nitrogens is 2. The van der Waals surface area contributed by atoms with Crippen LogP contribution in [0.2, 0.25) is 0 Å². The molecule has 0 aliphatic rings. The fourth-order valence-electron chi connectivity index (χ4n) is 2.17. The molecular weight excluding hydrogens is 292 g/mol. The molecule has 6 nitrogen and oxygen atoms in total. The molecule has 1 aromatic carbocycles. The number of hydrogen-bond donors (Lipinski definition) is 2. The Bertz CT molecular complexity index is 627. The number of benzene rings is 1. The number of carbonyl (C=O) groups is 1. The van der Waals surface area contributed by atoms with Crippen molar-refractivity contribution in [2.24, 2.45) is 11.7 Å². The van der Waals surface area contributed by atoms with Crippen LogP contribution in [-0.2, 0) is 11.2 Å². The molecule has 6 heteroatoms. The maximum Gasteiger partial charge on any atom is 0.237 e. The topological polar surface area (TPSA) is 94.0 Å². The smallest absolute Gasteiger partial charge is 0.237 e. The third-order valence-electron chi connectivity index (χ3n) is 3.99. The third kappa shape index (κ3) is 4.63. The normalized spacial score (nSPS) is 15.0. The van der Waals surface area contributed by atoms with Gasteiger partial charge in [-0.15, -0.1) is 0 Å². The van der Waals surface area contributed by atoms with Crippen molar-refractivity contribution >= 4 is 5.91 Å². The average molecular weight is 316 g/mol. The molecule has 3 atom stereocenters. The molecule has 3 N–H and O–H groups in total. The quantitative estimate of drug-likeness (QED) is 0.816. The van der Waals surface area contributed by atoms with Crippen LogP contribution in [0.4, 0.5) is 0 Å². The van der Waals surface area contributed by atoms with Gasteiger partial charge in [0, 0.05) is 0 Å². The number of hydrogen-bond acceptors (Lipinski definition) is 5. The maximum atomic E-state index is 12.1. The molecule has 2 aromatic rings. The van der Waals surface area contributed by atoms with E-state index in [1.54, 1.807) is 0 Å². The highest BCUT2D eigenvalue weighted by Crippen LogP contribution is 2.13. The molecule has 0 bridgehead atoms. The Hall–Kier alpha value is -2.21. The Morgan fingerprint density at radius 1 is 1.30 bits per heavy atom. The number of amides is 1. The molecule has 0 aliphatic heterocycles. The van der Waals surface area contributed by atoms with E-state index in [1.807, 2.05) is 51.1 Å². The number of rotatable bonds is 7. The number of nitrogens with one attached hydrogen (secondary N) is 1. The predicted octanol–water partition coefficient (Wildman–Crippen LogP) is 2.21. The molecule has 0 spiro atoms. The number of nitrogens with zero attached hydrogens (tertiary/aromatic N) is 2. The Morgan fingerprint density at radius 2 is 2.00 bits per heavy atom. The number of carbonyl (C=O) groups excluding carboxylic acids is 1. The zero-order valence-electron chi connectivity index (χ0n) is 13.8. The second kappa shape index (κ2) is 7.87. The first-order valence-corrected chi connectivity index (χ1v) is 7.93. The van der Waals surface area contributed by atoms with E-state index in [2.05, 4.69) is 15.5 Å². The van der Waals surface area contributed by atoms with Gasteiger partial charge in [-0.25, -0.2) is 0 Å². The van der Waals surface area contributed by atoms with Gasteiger partial charge in [0.05, 0.1) is 18.5 Å². The lowest BCUT2D eigenvalue weighted by Crippen LogP contribution is -2.45. The Morgan fingerprint density at radius 3 is 2.65 bits per heavy atom. The standard InChI is InChI=1S/C17H24N4O2/c1-4-11(2)15(18)17(22)19-12(3)16-20-14(23-21-16)10-13-8-6-5-7-9-13/h5-9,11-12,15H,4,10,18H2,1-3H3,(H,19,22). The lowest BCUT2D eigenvalue weighted by molar-refractivity contribution is -0.124. The lowest BCUT2D eigenvalue weighted by Gasteiger charge is -2.19. The van der Waals surface area contributed by atoms with Crippen LogP contribution in [0.25, 0.3) is 0 Å². The highest BCUT2D eigenvalue weighted by Gasteiger charge is 2.23. The molecule has 1 amide bonds. The minimum absolute atomic E-state index is 0.126. The molecule has 124 valence electrons. The summed E-state index contributed by atoms with van der Waals surface area (Å²) in [5.74, 6) is 0.918. The van der Waals surface area contributed by atoms with E-state index in [9.17, 15) is 4.79 Å². The first kappa shape index (κ1) is 17.1. The Balaban J connectivity index is 1.95. The molecule has 0 saturated heterocycles. The van der Waals surface area contributed by atoms with Gasteiger partial charge in [-0.3, -0.25) is 4.79 Å². The predicted molar refractivity (Wildman–Crippen MR) is 87.5 cm³/mol. The van der Waals surface area contributed by atoms with Crippen LogP contribution in [0.5, 0.6) is 0 Å². The van der Waals surface area contributed by atoms with Crippen molar-refractivity contribution in [3.8, 4) is 0 Å². The monoisotopic (exact) mass is 316 g/mol. The summed E-state index contributed by atoms with van der Waals surface area (Å²) in [6, 6.07) is 9.02. The van der Waals surface area contributed by atoms with Crippen LogP contribution in [0.3, 0.4) is 0 Å². The molecule has 1 heterocycles. The van der Waals surface area contributed by atoms with E-state index in [1.165, 1.54) is 0 Å². The fraction of sp³-hybridized carbons (Fsp3) is 0.471. The van der Waals surface area contributed by atoms with Crippen LogP contribution in [0, 0.1) is 5.92 Å². The van der Waals surface area contributed by atoms with Crippen molar-refractivity contribution in [2.75, 3.05) is 0 Å². The van der Waals surface area contributed by atoms with Crippen molar-refractivity contribution in [3.63, 3.8) is 0 Å². The molecule has 1 aromatic heterocycles. The maximum absolute atomic E-state index is 12.1. The molecule has 2 rings (SSSR count). The highest BCUT2D eigenvalue weighted by atomic mass is 16.5. The van der Waals surface area contributed by atoms with E-state index in [0.717, 1.165) is 12.0 Å². The summed E-state index contributed by atoms with van der Waals surface area (Å²) in [5, 5.41) is 6.79. The summed E-state index contributed by atoms with van der Waals surface area (Å²) in [6.45, 7) is 5.79. The summed E-state index contributed by atoms with van der Waals surface area (Å²) in [7, 11) is 0. The number of nitrogens with two attached hydrogens (primary N) is 1. The average Bonchev–Trinajstić information content (AvgIpc) is 3.02. The second-order valence-electron chi connectivity index (χ2n) is 5.85. The van der Waals surface area contributed by atoms with Crippen LogP contribution in [-0.4, -0.2) is 22.1 Å². The van der Waals surface area contributed by atoms with Gasteiger partial charge in [-0.1, -0.05) is 55.8 Å². The van der Waals surface area contributed by atoms with Crippen molar-refractivity contribution in [3.05, 3.63) is 47.6 Å². The highest BCUT2D eigenvalue weighted by molar-refractivity contribution is 5.82. The summed E-state index contributed by atoms with van der Waals surface area (Å²) in [6.07, 6.45) is 1.42. The zero-order valence-corrected chi connectivity index (χ0v) is 13.8. The fourth-order valence-corrected chi connectivity index (χ4v) is 2.17. The largest absolute Gasteiger partial charge is 0.345 e. The summed E-state index contributed by atoms with van der Waals surface area (Å²) < 4.78 is 5.26. The summed E-state index contributed by atoms with van der Waals surface area (Å²) in [5.41, 5.74) is 7.02.